The van der Waals surface area contributed by atoms with Crippen LogP contribution in [0.15, 0.2) is 0 Å². The third kappa shape index (κ3) is 1.58. The highest BCUT2D eigenvalue weighted by molar-refractivity contribution is 5.66. The maximum Gasteiger partial charge on any atom is 0.302 e. The molecule has 19 heavy (non-hydrogen) atoms. The van der Waals surface area contributed by atoms with Crippen LogP contribution < -0.4 is 0 Å². The zero-order valence-corrected chi connectivity index (χ0v) is 13.1. The summed E-state index contributed by atoms with van der Waals surface area (Å²) in [6, 6.07) is 0. The largest absolute Gasteiger partial charge is 0.462 e. The van der Waals surface area contributed by atoms with E-state index in [9.17, 15) is 4.79 Å². The Morgan fingerprint density at radius 1 is 1.00 bits per heavy atom. The van der Waals surface area contributed by atoms with Gasteiger partial charge in [-0.15, -0.1) is 0 Å². The molecule has 2 nitrogen and oxygen atoms in total. The van der Waals surface area contributed by atoms with Crippen molar-refractivity contribution in [2.75, 3.05) is 0 Å². The van der Waals surface area contributed by atoms with Crippen molar-refractivity contribution in [1.82, 2.24) is 0 Å². The quantitative estimate of drug-likeness (QED) is 0.664. The number of rotatable bonds is 1. The van der Waals surface area contributed by atoms with Crippen molar-refractivity contribution in [2.45, 2.75) is 72.8 Å². The van der Waals surface area contributed by atoms with Gasteiger partial charge in [0.15, 0.2) is 0 Å². The van der Waals surface area contributed by atoms with E-state index in [2.05, 4.69) is 27.7 Å². The molecule has 3 saturated carbocycles. The van der Waals surface area contributed by atoms with E-state index in [4.69, 9.17) is 4.74 Å². The predicted molar refractivity (Wildman–Crippen MR) is 75.6 cm³/mol. The molecule has 0 radical (unpaired) electrons. The number of hydrogen-bond donors (Lipinski definition) is 0. The second-order valence-corrected chi connectivity index (χ2v) is 8.42. The molecule has 0 N–H and O–H groups in total. The van der Waals surface area contributed by atoms with Crippen molar-refractivity contribution in [3.8, 4) is 0 Å². The summed E-state index contributed by atoms with van der Waals surface area (Å²) in [4.78, 5) is 11.4. The van der Waals surface area contributed by atoms with Crippen LogP contribution in [0.25, 0.3) is 0 Å². The van der Waals surface area contributed by atoms with Gasteiger partial charge in [-0.1, -0.05) is 27.7 Å². The summed E-state index contributed by atoms with van der Waals surface area (Å²) >= 11 is 0. The van der Waals surface area contributed by atoms with E-state index in [1.165, 1.54) is 25.7 Å². The van der Waals surface area contributed by atoms with Gasteiger partial charge in [-0.25, -0.2) is 0 Å². The molecule has 0 aliphatic heterocycles. The van der Waals surface area contributed by atoms with Gasteiger partial charge < -0.3 is 4.74 Å². The van der Waals surface area contributed by atoms with Crippen LogP contribution in [0.3, 0.4) is 0 Å². The molecule has 3 rings (SSSR count). The zero-order chi connectivity index (χ0) is 14.1. The van der Waals surface area contributed by atoms with Gasteiger partial charge in [0.2, 0.25) is 0 Å². The minimum Gasteiger partial charge on any atom is -0.462 e. The van der Waals surface area contributed by atoms with E-state index in [1.807, 2.05) is 0 Å². The van der Waals surface area contributed by atoms with Crippen molar-refractivity contribution >= 4 is 5.97 Å². The molecule has 0 unspecified atom stereocenters. The molecule has 0 amide bonds. The summed E-state index contributed by atoms with van der Waals surface area (Å²) in [7, 11) is 0. The van der Waals surface area contributed by atoms with Crippen LogP contribution in [-0.2, 0) is 9.53 Å². The fourth-order valence-corrected chi connectivity index (χ4v) is 5.81. The molecular formula is C17H28O2. The SMILES string of the molecule is CC(=O)O[C@H]1CC[C@]2(C)[C@H]3CC(C)(C)[C@@H]3CC[C@]12C. The summed E-state index contributed by atoms with van der Waals surface area (Å²) in [6.45, 7) is 11.3. The Labute approximate surface area is 117 Å². The Morgan fingerprint density at radius 3 is 2.21 bits per heavy atom. The van der Waals surface area contributed by atoms with Crippen molar-refractivity contribution in [3.63, 3.8) is 0 Å². The Hall–Kier alpha value is -0.530. The number of fused-ring (bicyclic) bond motifs is 3. The molecule has 2 heteroatoms. The average molecular weight is 264 g/mol. The first kappa shape index (κ1) is 13.5. The average Bonchev–Trinajstić information content (AvgIpc) is 2.52. The van der Waals surface area contributed by atoms with Crippen LogP contribution in [-0.4, -0.2) is 12.1 Å². The van der Waals surface area contributed by atoms with Crippen LogP contribution in [0.5, 0.6) is 0 Å². The topological polar surface area (TPSA) is 26.3 Å². The summed E-state index contributed by atoms with van der Waals surface area (Å²) in [5, 5.41) is 0. The third-order valence-electron chi connectivity index (χ3n) is 7.28. The third-order valence-corrected chi connectivity index (χ3v) is 7.28. The Balaban J connectivity index is 1.87. The molecule has 3 aliphatic carbocycles. The van der Waals surface area contributed by atoms with E-state index in [0.29, 0.717) is 10.8 Å². The summed E-state index contributed by atoms with van der Waals surface area (Å²) < 4.78 is 5.67. The van der Waals surface area contributed by atoms with E-state index >= 15 is 0 Å². The second kappa shape index (κ2) is 3.77. The van der Waals surface area contributed by atoms with Crippen molar-refractivity contribution < 1.29 is 9.53 Å². The molecule has 0 aromatic rings. The minimum atomic E-state index is -0.105. The number of ether oxygens (including phenoxy) is 1. The van der Waals surface area contributed by atoms with Gasteiger partial charge in [-0.05, 0) is 54.8 Å². The lowest BCUT2D eigenvalue weighted by atomic mass is 9.39. The highest BCUT2D eigenvalue weighted by Crippen LogP contribution is 2.73. The summed E-state index contributed by atoms with van der Waals surface area (Å²) in [6.07, 6.45) is 6.36. The molecule has 0 aromatic carbocycles. The lowest BCUT2D eigenvalue weighted by Crippen LogP contribution is -2.60. The second-order valence-electron chi connectivity index (χ2n) is 8.42. The van der Waals surface area contributed by atoms with Gasteiger partial charge in [-0.2, -0.15) is 0 Å². The molecule has 108 valence electrons. The van der Waals surface area contributed by atoms with Gasteiger partial charge in [0.05, 0.1) is 0 Å². The van der Waals surface area contributed by atoms with Crippen LogP contribution in [0, 0.1) is 28.1 Å². The Kier molecular flexibility index (Phi) is 2.67. The Bertz CT molecular complexity index is 413. The van der Waals surface area contributed by atoms with Crippen LogP contribution in [0.1, 0.15) is 66.7 Å². The maximum absolute atomic E-state index is 11.4. The van der Waals surface area contributed by atoms with Gasteiger partial charge in [0, 0.05) is 12.3 Å². The Morgan fingerprint density at radius 2 is 1.63 bits per heavy atom. The number of esters is 1. The molecule has 0 spiro atoms. The maximum atomic E-state index is 11.4. The molecule has 3 fully saturated rings. The van der Waals surface area contributed by atoms with Gasteiger partial charge in [0.25, 0.3) is 0 Å². The van der Waals surface area contributed by atoms with E-state index in [1.54, 1.807) is 6.92 Å². The van der Waals surface area contributed by atoms with Crippen LogP contribution in [0.2, 0.25) is 0 Å². The van der Waals surface area contributed by atoms with Crippen molar-refractivity contribution in [3.05, 3.63) is 0 Å². The molecule has 0 aromatic heterocycles. The monoisotopic (exact) mass is 264 g/mol. The number of carbonyl (C=O) groups excluding carboxylic acids is 1. The molecular weight excluding hydrogens is 236 g/mol. The first-order valence-electron chi connectivity index (χ1n) is 7.88. The summed E-state index contributed by atoms with van der Waals surface area (Å²) in [5.74, 6) is 1.63. The van der Waals surface area contributed by atoms with E-state index < -0.39 is 0 Å². The fraction of sp³-hybridized carbons (Fsp3) is 0.941. The van der Waals surface area contributed by atoms with Crippen LogP contribution >= 0.6 is 0 Å². The van der Waals surface area contributed by atoms with Crippen molar-refractivity contribution in [1.29, 1.82) is 0 Å². The lowest BCUT2D eigenvalue weighted by Gasteiger charge is -2.66. The number of carbonyl (C=O) groups is 1. The van der Waals surface area contributed by atoms with Crippen LogP contribution in [0.4, 0.5) is 0 Å². The first-order valence-corrected chi connectivity index (χ1v) is 7.88. The van der Waals surface area contributed by atoms with Gasteiger partial charge in [-0.3, -0.25) is 4.79 Å². The lowest BCUT2D eigenvalue weighted by molar-refractivity contribution is -0.194. The molecule has 5 atom stereocenters. The highest BCUT2D eigenvalue weighted by Gasteiger charge is 2.67. The predicted octanol–water partition coefficient (Wildman–Crippen LogP) is 4.18. The molecule has 3 aliphatic rings. The zero-order valence-electron chi connectivity index (χ0n) is 13.1. The van der Waals surface area contributed by atoms with E-state index in [0.717, 1.165) is 18.3 Å². The van der Waals surface area contributed by atoms with Gasteiger partial charge in [0.1, 0.15) is 6.10 Å². The molecule has 0 saturated heterocycles. The summed E-state index contributed by atoms with van der Waals surface area (Å²) in [5.41, 5.74) is 1.12. The number of hydrogen-bond acceptors (Lipinski definition) is 2. The van der Waals surface area contributed by atoms with Crippen molar-refractivity contribution in [2.24, 2.45) is 28.1 Å². The molecule has 0 heterocycles. The highest BCUT2D eigenvalue weighted by atomic mass is 16.5. The van der Waals surface area contributed by atoms with Gasteiger partial charge >= 0.3 is 5.97 Å². The minimum absolute atomic E-state index is 0.105. The normalized spacial score (nSPS) is 50.9. The standard InChI is InChI=1S/C17H28O2/c1-11(18)19-14-7-9-16(4)13-10-15(2,3)12(13)6-8-17(14,16)5/h12-14H,6-10H2,1-5H3/t12-,13+,14+,16-,17-/m1/s1. The smallest absolute Gasteiger partial charge is 0.302 e. The fourth-order valence-electron chi connectivity index (χ4n) is 5.81. The molecule has 0 bridgehead atoms. The van der Waals surface area contributed by atoms with E-state index in [-0.39, 0.29) is 17.5 Å². The first-order chi connectivity index (χ1) is 8.71.